The average molecular weight is 359 g/mol. The monoisotopic (exact) mass is 357 g/mol. The van der Waals surface area contributed by atoms with Gasteiger partial charge < -0.3 is 4.98 Å². The molecule has 0 amide bonds. The van der Waals surface area contributed by atoms with E-state index in [0.29, 0.717) is 5.02 Å². The third-order valence-electron chi connectivity index (χ3n) is 3.34. The van der Waals surface area contributed by atoms with Crippen LogP contribution in [0, 0.1) is 0 Å². The molecule has 0 aliphatic heterocycles. The van der Waals surface area contributed by atoms with Gasteiger partial charge in [0.15, 0.2) is 5.82 Å². The van der Waals surface area contributed by atoms with E-state index in [9.17, 15) is 0 Å². The molecule has 3 nitrogen and oxygen atoms in total. The van der Waals surface area contributed by atoms with Crippen LogP contribution in [0.3, 0.4) is 0 Å². The van der Waals surface area contributed by atoms with Gasteiger partial charge in [0, 0.05) is 14.9 Å². The fourth-order valence-electron chi connectivity index (χ4n) is 2.33. The summed E-state index contributed by atoms with van der Waals surface area (Å²) < 4.78 is 1.02. The zero-order chi connectivity index (χ0) is 14.4. The van der Waals surface area contributed by atoms with Gasteiger partial charge in [-0.2, -0.15) is 0 Å². The molecule has 2 aromatic heterocycles. The number of hydrogen-bond acceptors (Lipinski definition) is 2. The largest absolute Gasteiger partial charge is 0.337 e. The van der Waals surface area contributed by atoms with E-state index in [0.717, 1.165) is 37.9 Å². The van der Waals surface area contributed by atoms with Crippen molar-refractivity contribution in [1.82, 2.24) is 15.0 Å². The quantitative estimate of drug-likeness (QED) is 0.508. The van der Waals surface area contributed by atoms with Crippen molar-refractivity contribution in [3.63, 3.8) is 0 Å². The topological polar surface area (TPSA) is 41.6 Å². The highest BCUT2D eigenvalue weighted by molar-refractivity contribution is 9.10. The Bertz CT molecular complexity index is 978. The van der Waals surface area contributed by atoms with Crippen LogP contribution in [0.1, 0.15) is 0 Å². The first kappa shape index (κ1) is 12.8. The first-order valence-electron chi connectivity index (χ1n) is 6.41. The maximum Gasteiger partial charge on any atom is 0.157 e. The second-order valence-corrected chi connectivity index (χ2v) is 6.13. The molecular weight excluding hydrogens is 350 g/mol. The molecule has 4 rings (SSSR count). The summed E-state index contributed by atoms with van der Waals surface area (Å²) in [6.07, 6.45) is 0. The molecule has 0 unspecified atom stereocenters. The van der Waals surface area contributed by atoms with Crippen LogP contribution in [0.25, 0.3) is 33.5 Å². The van der Waals surface area contributed by atoms with E-state index in [4.69, 9.17) is 11.6 Å². The summed E-state index contributed by atoms with van der Waals surface area (Å²) in [4.78, 5) is 12.5. The Labute approximate surface area is 134 Å². The highest BCUT2D eigenvalue weighted by Crippen LogP contribution is 2.24. The lowest BCUT2D eigenvalue weighted by Crippen LogP contribution is -1.87. The van der Waals surface area contributed by atoms with Crippen molar-refractivity contribution in [3.8, 4) is 11.5 Å². The van der Waals surface area contributed by atoms with Crippen LogP contribution >= 0.6 is 27.5 Å². The molecule has 0 atom stereocenters. The van der Waals surface area contributed by atoms with Gasteiger partial charge in [-0.1, -0.05) is 39.7 Å². The van der Waals surface area contributed by atoms with Gasteiger partial charge in [0.2, 0.25) is 0 Å². The zero-order valence-corrected chi connectivity index (χ0v) is 13.1. The van der Waals surface area contributed by atoms with Gasteiger partial charge >= 0.3 is 0 Å². The predicted octanol–water partition coefficient (Wildman–Crippen LogP) is 5.19. The van der Waals surface area contributed by atoms with Gasteiger partial charge in [-0.15, -0.1) is 0 Å². The lowest BCUT2D eigenvalue weighted by molar-refractivity contribution is 1.27. The fraction of sp³-hybridized carbons (Fsp3) is 0. The number of nitrogens with zero attached hydrogens (tertiary/aromatic N) is 2. The minimum absolute atomic E-state index is 0.681. The number of aromatic amines is 1. The van der Waals surface area contributed by atoms with E-state index in [1.54, 1.807) is 0 Å². The Kier molecular flexibility index (Phi) is 2.94. The molecule has 4 aromatic rings. The van der Waals surface area contributed by atoms with E-state index in [1.807, 2.05) is 48.5 Å². The number of H-pyrrole nitrogens is 1. The van der Waals surface area contributed by atoms with E-state index in [2.05, 4.69) is 30.9 Å². The van der Waals surface area contributed by atoms with Crippen LogP contribution in [-0.4, -0.2) is 15.0 Å². The lowest BCUT2D eigenvalue weighted by Gasteiger charge is -2.00. The SMILES string of the molecule is Clc1ccc2ccc(-c3nc4ccc(Br)cc4[nH]3)nc2c1. The molecule has 0 bridgehead atoms. The second-order valence-electron chi connectivity index (χ2n) is 4.78. The Morgan fingerprint density at radius 3 is 2.67 bits per heavy atom. The summed E-state index contributed by atoms with van der Waals surface area (Å²) in [5.74, 6) is 0.755. The molecule has 0 aliphatic carbocycles. The van der Waals surface area contributed by atoms with Gasteiger partial charge in [0.1, 0.15) is 5.69 Å². The smallest absolute Gasteiger partial charge is 0.157 e. The molecule has 0 radical (unpaired) electrons. The van der Waals surface area contributed by atoms with Crippen LogP contribution < -0.4 is 0 Å². The summed E-state index contributed by atoms with van der Waals surface area (Å²) in [5.41, 5.74) is 3.56. The van der Waals surface area contributed by atoms with Crippen molar-refractivity contribution in [3.05, 3.63) is 58.0 Å². The Morgan fingerprint density at radius 2 is 1.76 bits per heavy atom. The van der Waals surface area contributed by atoms with Crippen molar-refractivity contribution in [1.29, 1.82) is 0 Å². The number of nitrogens with one attached hydrogen (secondary N) is 1. The zero-order valence-electron chi connectivity index (χ0n) is 10.8. The second kappa shape index (κ2) is 4.83. The van der Waals surface area contributed by atoms with Crippen molar-refractivity contribution in [2.24, 2.45) is 0 Å². The normalized spacial score (nSPS) is 11.3. The van der Waals surface area contributed by atoms with Gasteiger partial charge in [-0.05, 0) is 36.4 Å². The standard InChI is InChI=1S/C16H9BrClN3/c17-10-3-6-12-15(7-10)21-16(20-12)13-5-2-9-1-4-11(18)8-14(9)19-13/h1-8H,(H,20,21). The number of pyridine rings is 1. The molecular formula is C16H9BrClN3. The summed E-state index contributed by atoms with van der Waals surface area (Å²) in [5, 5.41) is 1.74. The summed E-state index contributed by atoms with van der Waals surface area (Å²) in [6.45, 7) is 0. The van der Waals surface area contributed by atoms with E-state index in [1.165, 1.54) is 0 Å². The predicted molar refractivity (Wildman–Crippen MR) is 89.5 cm³/mol. The molecule has 0 aliphatic rings. The van der Waals surface area contributed by atoms with Crippen molar-refractivity contribution in [2.45, 2.75) is 0 Å². The van der Waals surface area contributed by atoms with E-state index < -0.39 is 0 Å². The number of halogens is 2. The van der Waals surface area contributed by atoms with Gasteiger partial charge in [-0.3, -0.25) is 0 Å². The fourth-order valence-corrected chi connectivity index (χ4v) is 2.85. The third-order valence-corrected chi connectivity index (χ3v) is 4.07. The van der Waals surface area contributed by atoms with Crippen LogP contribution in [0.2, 0.25) is 5.02 Å². The van der Waals surface area contributed by atoms with E-state index >= 15 is 0 Å². The van der Waals surface area contributed by atoms with Crippen molar-refractivity contribution < 1.29 is 0 Å². The van der Waals surface area contributed by atoms with Crippen LogP contribution in [-0.2, 0) is 0 Å². The minimum Gasteiger partial charge on any atom is -0.337 e. The van der Waals surface area contributed by atoms with Gasteiger partial charge in [-0.25, -0.2) is 9.97 Å². The molecule has 0 spiro atoms. The first-order chi connectivity index (χ1) is 10.2. The maximum atomic E-state index is 6.03. The molecule has 0 saturated carbocycles. The number of benzene rings is 2. The minimum atomic E-state index is 0.681. The summed E-state index contributed by atoms with van der Waals surface area (Å²) in [6, 6.07) is 15.6. The van der Waals surface area contributed by atoms with Gasteiger partial charge in [0.05, 0.1) is 16.6 Å². The van der Waals surface area contributed by atoms with Crippen LogP contribution in [0.15, 0.2) is 53.0 Å². The number of hydrogen-bond donors (Lipinski definition) is 1. The summed E-state index contributed by atoms with van der Waals surface area (Å²) in [7, 11) is 0. The van der Waals surface area contributed by atoms with Crippen LogP contribution in [0.4, 0.5) is 0 Å². The molecule has 5 heteroatoms. The summed E-state index contributed by atoms with van der Waals surface area (Å²) >= 11 is 9.49. The molecule has 0 saturated heterocycles. The average Bonchev–Trinajstić information content (AvgIpc) is 2.89. The Hall–Kier alpha value is -1.91. The Morgan fingerprint density at radius 1 is 0.905 bits per heavy atom. The lowest BCUT2D eigenvalue weighted by atomic mass is 10.2. The highest BCUT2D eigenvalue weighted by Gasteiger charge is 2.08. The van der Waals surface area contributed by atoms with E-state index in [-0.39, 0.29) is 0 Å². The van der Waals surface area contributed by atoms with Crippen molar-refractivity contribution >= 4 is 49.5 Å². The van der Waals surface area contributed by atoms with Crippen LogP contribution in [0.5, 0.6) is 0 Å². The highest BCUT2D eigenvalue weighted by atomic mass is 79.9. The maximum absolute atomic E-state index is 6.03. The molecule has 102 valence electrons. The van der Waals surface area contributed by atoms with Gasteiger partial charge in [0.25, 0.3) is 0 Å². The number of fused-ring (bicyclic) bond motifs is 2. The third kappa shape index (κ3) is 2.30. The molecule has 1 N–H and O–H groups in total. The number of imidazole rings is 1. The molecule has 0 fully saturated rings. The van der Waals surface area contributed by atoms with Crippen molar-refractivity contribution in [2.75, 3.05) is 0 Å². The molecule has 2 heterocycles. The number of rotatable bonds is 1. The molecule has 21 heavy (non-hydrogen) atoms. The number of aromatic nitrogens is 3. The molecule has 2 aromatic carbocycles. The first-order valence-corrected chi connectivity index (χ1v) is 7.58. The Balaban J connectivity index is 1.90.